The van der Waals surface area contributed by atoms with E-state index in [1.165, 1.54) is 30.7 Å². The normalized spacial score (nSPS) is 17.1. The Morgan fingerprint density at radius 1 is 0.777 bits per heavy atom. The molecule has 0 unspecified atom stereocenters. The number of nitrogens with zero attached hydrogens (tertiary/aromatic N) is 7. The quantitative estimate of drug-likeness (QED) is 0.0212. The third-order valence-corrected chi connectivity index (χ3v) is 21.0. The molecule has 4 aliphatic rings. The Morgan fingerprint density at radius 2 is 1.46 bits per heavy atom. The molecule has 498 valence electrons. The van der Waals surface area contributed by atoms with Gasteiger partial charge in [0.2, 0.25) is 24.1 Å². The number of hydrogen-bond donors (Lipinski definition) is 4. The third kappa shape index (κ3) is 13.3. The molecule has 5 aromatic carbocycles. The number of benzene rings is 5. The molecule has 1 amide bonds. The zero-order valence-electron chi connectivity index (χ0n) is 52.3. The number of ether oxygens (including phenoxy) is 4. The van der Waals surface area contributed by atoms with Crippen LogP contribution >= 0.6 is 11.6 Å². The number of aromatic nitrogens is 3. The number of carbonyl (C=O) groups is 1. The highest BCUT2D eigenvalue weighted by molar-refractivity contribution is 7.87. The van der Waals surface area contributed by atoms with Gasteiger partial charge in [-0.2, -0.15) is 29.8 Å². The molecule has 0 aliphatic carbocycles. The smallest absolute Gasteiger partial charge is 0.295 e. The summed E-state index contributed by atoms with van der Waals surface area (Å²) >= 11 is 6.54. The summed E-state index contributed by atoms with van der Waals surface area (Å²) in [6.07, 6.45) is 13.9. The molecule has 4 aliphatic heterocycles. The van der Waals surface area contributed by atoms with Crippen molar-refractivity contribution in [2.75, 3.05) is 69.4 Å². The molecule has 6 heterocycles. The largest absolute Gasteiger partial charge is 0.744 e. The molecule has 0 atom stereocenters. The molecule has 0 spiro atoms. The first-order valence-electron chi connectivity index (χ1n) is 30.2. The molecule has 0 bridgehead atoms. The maximum Gasteiger partial charge on any atom is 0.295 e. The molecule has 0 radical (unpaired) electrons. The van der Waals surface area contributed by atoms with Crippen LogP contribution in [0.1, 0.15) is 85.3 Å². The number of halogens is 1. The zero-order valence-corrected chi connectivity index (χ0v) is 56.3. The molecular formula is C64H69ClN8O17S4. The summed E-state index contributed by atoms with van der Waals surface area (Å²) < 4.78 is 169. The van der Waals surface area contributed by atoms with Crippen molar-refractivity contribution in [3.8, 4) is 23.1 Å². The molecule has 4 N–H and O–H groups in total. The van der Waals surface area contributed by atoms with Crippen molar-refractivity contribution in [3.05, 3.63) is 125 Å². The van der Waals surface area contributed by atoms with Gasteiger partial charge in [-0.1, -0.05) is 56.2 Å². The van der Waals surface area contributed by atoms with Gasteiger partial charge in [0.05, 0.1) is 43.4 Å². The second-order valence-corrected chi connectivity index (χ2v) is 30.4. The first-order valence-corrected chi connectivity index (χ1v) is 36.3. The van der Waals surface area contributed by atoms with Crippen LogP contribution in [0.25, 0.3) is 32.4 Å². The summed E-state index contributed by atoms with van der Waals surface area (Å²) in [4.78, 5) is 30.1. The number of allylic oxidation sites excluding steroid dienone is 6. The number of rotatable bonds is 22. The predicted molar refractivity (Wildman–Crippen MR) is 351 cm³/mol. The molecule has 11 rings (SSSR count). The monoisotopic (exact) mass is 1380 g/mol. The van der Waals surface area contributed by atoms with Gasteiger partial charge in [0.1, 0.15) is 62.4 Å². The van der Waals surface area contributed by atoms with Gasteiger partial charge in [-0.3, -0.25) is 23.4 Å². The van der Waals surface area contributed by atoms with E-state index >= 15 is 0 Å². The zero-order chi connectivity index (χ0) is 67.6. The summed E-state index contributed by atoms with van der Waals surface area (Å²) in [5.74, 6) is 2.18. The first kappa shape index (κ1) is 67.6. The summed E-state index contributed by atoms with van der Waals surface area (Å²) in [6, 6.07) is 13.6. The second-order valence-electron chi connectivity index (χ2n) is 24.4. The Morgan fingerprint density at radius 3 is 2.13 bits per heavy atom. The highest BCUT2D eigenvalue weighted by Gasteiger charge is 2.46. The van der Waals surface area contributed by atoms with Gasteiger partial charge in [0.25, 0.3) is 36.2 Å². The Labute approximate surface area is 549 Å². The van der Waals surface area contributed by atoms with Crippen LogP contribution in [-0.2, 0) is 56.1 Å². The third-order valence-electron chi connectivity index (χ3n) is 17.3. The lowest BCUT2D eigenvalue weighted by atomic mass is 9.79. The van der Waals surface area contributed by atoms with Gasteiger partial charge in [0, 0.05) is 103 Å². The summed E-state index contributed by atoms with van der Waals surface area (Å²) in [7, 11) is -20.1. The second kappa shape index (κ2) is 25.7. The van der Waals surface area contributed by atoms with Crippen LogP contribution in [0.5, 0.6) is 23.1 Å². The van der Waals surface area contributed by atoms with E-state index < -0.39 is 70.9 Å². The number of fused-ring (bicyclic) bond motifs is 8. The molecular weight excluding hydrogens is 1320 g/mol. The lowest BCUT2D eigenvalue weighted by Gasteiger charge is -2.34. The average molecular weight is 1390 g/mol. The first-order chi connectivity index (χ1) is 44.3. The van der Waals surface area contributed by atoms with Gasteiger partial charge in [0.15, 0.2) is 5.71 Å². The topological polar surface area (TPSA) is 338 Å². The molecule has 7 aromatic rings. The Balaban J connectivity index is 0.762. The summed E-state index contributed by atoms with van der Waals surface area (Å²) in [5.41, 5.74) is 2.93. The number of anilines is 3. The molecule has 2 aromatic heterocycles. The number of pyridine rings is 1. The maximum atomic E-state index is 13.7. The molecule has 30 heteroatoms. The van der Waals surface area contributed by atoms with Gasteiger partial charge < -0.3 is 38.6 Å². The number of carbonyl (C=O) groups excluding carboxylic acids is 1. The van der Waals surface area contributed by atoms with E-state index in [9.17, 15) is 56.7 Å². The molecule has 25 nitrogen and oxygen atoms in total. The van der Waals surface area contributed by atoms with Crippen molar-refractivity contribution in [1.29, 1.82) is 0 Å². The lowest BCUT2D eigenvalue weighted by Crippen LogP contribution is -2.49. The van der Waals surface area contributed by atoms with E-state index in [0.29, 0.717) is 157 Å². The van der Waals surface area contributed by atoms with Crippen LogP contribution in [0.3, 0.4) is 0 Å². The fraction of sp³-hybridized carbons (Fsp3) is 0.359. The number of amides is 1. The van der Waals surface area contributed by atoms with Gasteiger partial charge >= 0.3 is 0 Å². The van der Waals surface area contributed by atoms with E-state index in [2.05, 4.69) is 25.2 Å². The SMILES string of the molecule is CC[N+]1=C(/C=C/C=C/C=C2\N(CCCCCC(=O)N3CCN(CCOc4cc(OC(C)C)c5c(Nc6c(Cl)cnc7c6OCO7)ncnc5c4)CC3)c3ccc4c(S(=O)(=O)O)cc(S(=O)(=O)[O-])cc4c3C2(C)C)C(C)(C)c2c1ccc1c(S(=O)(=O)O)cc(S(=O)(=O)O)cc21. The van der Waals surface area contributed by atoms with Crippen molar-refractivity contribution in [1.82, 2.24) is 24.8 Å². The molecule has 0 saturated carbocycles. The van der Waals surface area contributed by atoms with Crippen LogP contribution in [0.15, 0.2) is 129 Å². The van der Waals surface area contributed by atoms with Crippen molar-refractivity contribution < 1.29 is 80.2 Å². The van der Waals surface area contributed by atoms with Gasteiger partial charge in [-0.05, 0) is 106 Å². The molecule has 1 fully saturated rings. The minimum atomic E-state index is -5.22. The van der Waals surface area contributed by atoms with Crippen LogP contribution < -0.4 is 29.2 Å². The lowest BCUT2D eigenvalue weighted by molar-refractivity contribution is -0.433. The van der Waals surface area contributed by atoms with E-state index in [-0.39, 0.29) is 40.3 Å². The summed E-state index contributed by atoms with van der Waals surface area (Å²) in [5, 5.41) is 4.59. The van der Waals surface area contributed by atoms with Crippen molar-refractivity contribution in [2.24, 2.45) is 0 Å². The van der Waals surface area contributed by atoms with Crippen molar-refractivity contribution >= 4 is 119 Å². The average Bonchev–Trinajstić information content (AvgIpc) is 1.54. The number of unbranched alkanes of at least 4 members (excludes halogenated alkanes) is 2. The van der Waals surface area contributed by atoms with Crippen LogP contribution in [0, 0.1) is 0 Å². The van der Waals surface area contributed by atoms with E-state index in [0.717, 1.165) is 23.5 Å². The Bertz CT molecular complexity index is 4880. The standard InChI is InChI=1S/C64H69ClN8O17S4/c1-8-72-48-20-18-42-44(31-40(91(75,76)77)33-51(42)93(81,82)83)57(48)63(4,5)53(72)15-11-9-12-16-54-64(6,7)58-45-32-41(92(78,79)80)34-52(94(84,85)86)43(45)19-21-49(58)73(54)22-14-10-13-17-55(74)71-25-23-70(24-26-71)27-28-87-39-29-47-56(50(30-39)90-38(2)3)61(68-36-67-47)69-59-46(65)35-66-62-60(59)88-37-89-62/h9,11-12,15-16,18-21,29-36,38H,8,10,13-14,17,22-28,37H2,1-7H3,(H4-,66,67,68,69,75,76,77,78,79,80,81,82,83,84,85,86). The van der Waals surface area contributed by atoms with Crippen LogP contribution in [0.2, 0.25) is 5.02 Å². The molecule has 1 saturated heterocycles. The Kier molecular flexibility index (Phi) is 18.5. The highest BCUT2D eigenvalue weighted by Crippen LogP contribution is 2.53. The fourth-order valence-corrected chi connectivity index (χ4v) is 15.9. The maximum absolute atomic E-state index is 13.7. The van der Waals surface area contributed by atoms with Gasteiger partial charge in [-0.25, -0.2) is 23.4 Å². The van der Waals surface area contributed by atoms with E-state index in [1.54, 1.807) is 36.4 Å². The van der Waals surface area contributed by atoms with Crippen molar-refractivity contribution in [3.63, 3.8) is 0 Å². The van der Waals surface area contributed by atoms with Crippen LogP contribution in [-0.4, -0.2) is 158 Å². The molecule has 94 heavy (non-hydrogen) atoms. The van der Waals surface area contributed by atoms with E-state index in [4.69, 9.17) is 30.5 Å². The summed E-state index contributed by atoms with van der Waals surface area (Å²) in [6.45, 7) is 17.4. The minimum Gasteiger partial charge on any atom is -0.744 e. The van der Waals surface area contributed by atoms with E-state index in [1.807, 2.05) is 81.1 Å². The predicted octanol–water partition coefficient (Wildman–Crippen LogP) is 9.86. The number of nitrogens with one attached hydrogen (secondary N) is 1. The van der Waals surface area contributed by atoms with Crippen LogP contribution in [0.4, 0.5) is 22.9 Å². The van der Waals surface area contributed by atoms with Crippen molar-refractivity contribution in [2.45, 2.75) is 111 Å². The number of hydrogen-bond acceptors (Lipinski definition) is 20. The minimum absolute atomic E-state index is 0.00139. The number of piperazine rings is 1. The van der Waals surface area contributed by atoms with Gasteiger partial charge in [-0.15, -0.1) is 0 Å². The highest BCUT2D eigenvalue weighted by atomic mass is 35.5. The fourth-order valence-electron chi connectivity index (χ4n) is 13.1. The Hall–Kier alpha value is -7.84.